The zero-order valence-electron chi connectivity index (χ0n) is 26.8. The van der Waals surface area contributed by atoms with Crippen LogP contribution in [-0.4, -0.2) is 109 Å². The van der Waals surface area contributed by atoms with Crippen LogP contribution < -0.4 is 15.8 Å². The van der Waals surface area contributed by atoms with Gasteiger partial charge in [-0.2, -0.15) is 4.72 Å². The number of hydrogen-bond acceptors (Lipinski definition) is 9. The summed E-state index contributed by atoms with van der Waals surface area (Å²) >= 11 is 0. The number of fused-ring (bicyclic) bond motifs is 1. The van der Waals surface area contributed by atoms with E-state index in [2.05, 4.69) is 10.0 Å². The van der Waals surface area contributed by atoms with E-state index in [0.717, 1.165) is 25.2 Å². The largest absolute Gasteiger partial charge is 0.481 e. The number of carboxylic acid groups (broad SMARTS) is 2. The topological polar surface area (TPSA) is 250 Å². The maximum atomic E-state index is 13.5. The Labute approximate surface area is 278 Å². The first-order chi connectivity index (χ1) is 22.6. The first-order valence-corrected chi connectivity index (χ1v) is 16.8. The third kappa shape index (κ3) is 10.9. The molecule has 7 N–H and O–H groups in total. The van der Waals surface area contributed by atoms with E-state index < -0.39 is 64.2 Å². The molecule has 4 atom stereocenters. The molecule has 2 saturated heterocycles. The summed E-state index contributed by atoms with van der Waals surface area (Å²) in [7, 11) is -4.27. The maximum Gasteiger partial charge on any atom is 0.312 e. The molecule has 262 valence electrons. The second-order valence-corrected chi connectivity index (χ2v) is 13.4. The molecule has 2 fully saturated rings. The van der Waals surface area contributed by atoms with Crippen LogP contribution in [-0.2, 0) is 38.7 Å². The highest BCUT2D eigenvalue weighted by molar-refractivity contribution is 7.89. The summed E-state index contributed by atoms with van der Waals surface area (Å²) in [6.07, 6.45) is 0.142. The Kier molecular flexibility index (Phi) is 13.2. The minimum atomic E-state index is -4.27. The van der Waals surface area contributed by atoms with Crippen LogP contribution in [0.5, 0.6) is 0 Å². The minimum absolute atomic E-state index is 0.0401. The number of guanidine groups is 1. The summed E-state index contributed by atoms with van der Waals surface area (Å²) in [4.78, 5) is 62.0. The van der Waals surface area contributed by atoms with Crippen molar-refractivity contribution in [2.45, 2.75) is 56.6 Å². The number of piperidine rings is 2. The summed E-state index contributed by atoms with van der Waals surface area (Å²) in [5.41, 5.74) is 5.62. The number of carboxylic acids is 2. The highest BCUT2D eigenvalue weighted by Crippen LogP contribution is 2.23. The Morgan fingerprint density at radius 3 is 2.29 bits per heavy atom. The van der Waals surface area contributed by atoms with Gasteiger partial charge in [-0.05, 0) is 41.7 Å². The highest BCUT2D eigenvalue weighted by atomic mass is 32.2. The molecule has 0 saturated carbocycles. The van der Waals surface area contributed by atoms with Gasteiger partial charge in [-0.25, -0.2) is 8.42 Å². The Morgan fingerprint density at radius 2 is 1.67 bits per heavy atom. The number of carbonyl (C=O) groups is 5. The van der Waals surface area contributed by atoms with Gasteiger partial charge in [0.1, 0.15) is 18.1 Å². The average Bonchev–Trinajstić information content (AvgIpc) is 3.02. The zero-order valence-corrected chi connectivity index (χ0v) is 27.6. The number of nitrogens with two attached hydrogens (primary N) is 1. The van der Waals surface area contributed by atoms with Crippen molar-refractivity contribution in [3.8, 4) is 0 Å². The van der Waals surface area contributed by atoms with E-state index in [9.17, 15) is 32.7 Å². The molecule has 0 spiro atoms. The van der Waals surface area contributed by atoms with Crippen LogP contribution >= 0.6 is 0 Å². The molecule has 0 radical (unpaired) electrons. The monoisotopic (exact) mass is 690 g/mol. The number of rotatable bonds is 10. The van der Waals surface area contributed by atoms with Crippen molar-refractivity contribution < 1.29 is 47.3 Å². The Balaban J connectivity index is 0.00000148. The predicted octanol–water partition coefficient (Wildman–Crippen LogP) is 0.554. The lowest BCUT2D eigenvalue weighted by Gasteiger charge is -2.36. The fourth-order valence-corrected chi connectivity index (χ4v) is 6.88. The van der Waals surface area contributed by atoms with Gasteiger partial charge < -0.3 is 35.8 Å². The fraction of sp³-hybridized carbons (Fsp3) is 0.484. The van der Waals surface area contributed by atoms with Crippen molar-refractivity contribution in [3.05, 3.63) is 42.5 Å². The standard InChI is InChI=1S/C29H38N6O8S.C2H4O2/c1-18(36)43-25-10-12-34(17-23(25)28(39)40)26(37)14-24(27(38)32-15-19-5-4-11-35(16-19)29(30)31)33-44(41,42)22-9-8-20-6-2-3-7-21(20)13-22;1-2(3)4/h2-3,6-9,13,19,23-25,33H,4-5,10-12,14-17H2,1H3,(H3,30,31)(H,32,38)(H,39,40);1H3,(H,3,4)/t19-,23-,24+,25-;/m0./s1. The zero-order chi connectivity index (χ0) is 35.6. The van der Waals surface area contributed by atoms with Gasteiger partial charge in [0.2, 0.25) is 21.8 Å². The number of carbonyl (C=O) groups excluding carboxylic acids is 3. The lowest BCUT2D eigenvalue weighted by molar-refractivity contribution is -0.163. The van der Waals surface area contributed by atoms with E-state index in [1.807, 2.05) is 12.1 Å². The molecule has 0 unspecified atom stereocenters. The minimum Gasteiger partial charge on any atom is -0.481 e. The van der Waals surface area contributed by atoms with Gasteiger partial charge in [-0.3, -0.25) is 29.4 Å². The fourth-order valence-electron chi connectivity index (χ4n) is 5.65. The average molecular weight is 691 g/mol. The predicted molar refractivity (Wildman–Crippen MR) is 173 cm³/mol. The number of hydrogen-bond donors (Lipinski definition) is 6. The van der Waals surface area contributed by atoms with Crippen molar-refractivity contribution in [2.75, 3.05) is 32.7 Å². The number of ether oxygens (including phenoxy) is 1. The number of benzene rings is 2. The van der Waals surface area contributed by atoms with Crippen molar-refractivity contribution in [2.24, 2.45) is 17.6 Å². The number of aliphatic carboxylic acids is 2. The first kappa shape index (κ1) is 37.7. The van der Waals surface area contributed by atoms with E-state index >= 15 is 0 Å². The van der Waals surface area contributed by atoms with Crippen molar-refractivity contribution in [1.82, 2.24) is 19.8 Å². The second-order valence-electron chi connectivity index (χ2n) is 11.7. The highest BCUT2D eigenvalue weighted by Gasteiger charge is 2.39. The molecule has 2 aromatic rings. The Hall–Kier alpha value is -4.77. The third-order valence-corrected chi connectivity index (χ3v) is 9.45. The number of sulfonamides is 1. The number of nitrogens with one attached hydrogen (secondary N) is 3. The Bertz CT molecular complexity index is 1630. The van der Waals surface area contributed by atoms with Crippen molar-refractivity contribution in [3.63, 3.8) is 0 Å². The van der Waals surface area contributed by atoms with Gasteiger partial charge in [0.15, 0.2) is 5.96 Å². The van der Waals surface area contributed by atoms with Crippen LogP contribution in [0.4, 0.5) is 0 Å². The maximum absolute atomic E-state index is 13.5. The molecular weight excluding hydrogens is 648 g/mol. The second kappa shape index (κ2) is 16.9. The molecule has 17 heteroatoms. The molecule has 2 amide bonds. The van der Waals surface area contributed by atoms with Gasteiger partial charge >= 0.3 is 11.9 Å². The molecule has 0 bridgehead atoms. The number of esters is 1. The lowest BCUT2D eigenvalue weighted by Crippen LogP contribution is -2.54. The molecule has 2 aliphatic rings. The van der Waals surface area contributed by atoms with Gasteiger partial charge in [0, 0.05) is 53.0 Å². The molecule has 0 aliphatic carbocycles. The first-order valence-electron chi connectivity index (χ1n) is 15.3. The summed E-state index contributed by atoms with van der Waals surface area (Å²) < 4.78 is 34.5. The molecular formula is C31H42N6O10S. The SMILES string of the molecule is CC(=O)O.CC(=O)O[C@H]1CCN(C(=O)C[C@@H](NS(=O)(=O)c2ccc3ccccc3c2)C(=O)NC[C@@H]2CCCN(C(=N)N)C2)C[C@@H]1C(=O)O. The van der Waals surface area contributed by atoms with Crippen LogP contribution in [0.2, 0.25) is 0 Å². The van der Waals surface area contributed by atoms with Crippen molar-refractivity contribution >= 4 is 56.5 Å². The van der Waals surface area contributed by atoms with Gasteiger partial charge in [-0.15, -0.1) is 0 Å². The van der Waals surface area contributed by atoms with E-state index in [1.165, 1.54) is 24.0 Å². The summed E-state index contributed by atoms with van der Waals surface area (Å²) in [6.45, 7) is 3.33. The van der Waals surface area contributed by atoms with Crippen LogP contribution in [0.1, 0.15) is 39.5 Å². The molecule has 4 rings (SSSR count). The van der Waals surface area contributed by atoms with E-state index in [-0.39, 0.29) is 42.8 Å². The quantitative estimate of drug-likeness (QED) is 0.114. The molecule has 0 aromatic heterocycles. The molecule has 2 heterocycles. The van der Waals surface area contributed by atoms with Gasteiger partial charge in [0.05, 0.1) is 11.3 Å². The molecule has 48 heavy (non-hydrogen) atoms. The number of likely N-dealkylation sites (tertiary alicyclic amines) is 2. The van der Waals surface area contributed by atoms with Crippen LogP contribution in [0.15, 0.2) is 47.4 Å². The molecule has 2 aliphatic heterocycles. The van der Waals surface area contributed by atoms with Gasteiger partial charge in [-0.1, -0.05) is 30.3 Å². The normalized spacial score (nSPS) is 20.1. The lowest BCUT2D eigenvalue weighted by atomic mass is 9.94. The van der Waals surface area contributed by atoms with E-state index in [0.29, 0.717) is 18.5 Å². The van der Waals surface area contributed by atoms with E-state index in [4.69, 9.17) is 25.8 Å². The molecule has 16 nitrogen and oxygen atoms in total. The number of nitrogens with zero attached hydrogens (tertiary/aromatic N) is 2. The van der Waals surface area contributed by atoms with Crippen LogP contribution in [0.25, 0.3) is 10.8 Å². The summed E-state index contributed by atoms with van der Waals surface area (Å²) in [5, 5.41) is 29.0. The number of amides is 2. The summed E-state index contributed by atoms with van der Waals surface area (Å²) in [5.74, 6) is -5.33. The summed E-state index contributed by atoms with van der Waals surface area (Å²) in [6, 6.07) is 10.2. The van der Waals surface area contributed by atoms with E-state index in [1.54, 1.807) is 23.1 Å². The third-order valence-electron chi connectivity index (χ3n) is 7.99. The van der Waals surface area contributed by atoms with Gasteiger partial charge in [0.25, 0.3) is 5.97 Å². The molecule has 2 aromatic carbocycles. The van der Waals surface area contributed by atoms with Crippen LogP contribution in [0, 0.1) is 17.2 Å². The van der Waals surface area contributed by atoms with Crippen LogP contribution in [0.3, 0.4) is 0 Å². The smallest absolute Gasteiger partial charge is 0.312 e. The van der Waals surface area contributed by atoms with Crippen molar-refractivity contribution in [1.29, 1.82) is 5.41 Å². The Morgan fingerprint density at radius 1 is 1.00 bits per heavy atom.